The van der Waals surface area contributed by atoms with E-state index in [4.69, 9.17) is 11.5 Å². The lowest BCUT2D eigenvalue weighted by Gasteiger charge is -1.96. The van der Waals surface area contributed by atoms with Gasteiger partial charge in [0, 0.05) is 0 Å². The third-order valence-corrected chi connectivity index (χ3v) is 1.70. The fourth-order valence-corrected chi connectivity index (χ4v) is 1.14. The van der Waals surface area contributed by atoms with Gasteiger partial charge in [-0.3, -0.25) is 9.78 Å². The molecule has 2 heterocycles. The zero-order valence-corrected chi connectivity index (χ0v) is 6.69. The minimum absolute atomic E-state index is 0.0553. The van der Waals surface area contributed by atoms with Crippen LogP contribution in [0.1, 0.15) is 0 Å². The van der Waals surface area contributed by atoms with Gasteiger partial charge in [-0.1, -0.05) is 0 Å². The Balaban J connectivity index is 2.90. The fourth-order valence-electron chi connectivity index (χ4n) is 1.14. The van der Waals surface area contributed by atoms with Crippen LogP contribution in [-0.2, 0) is 6.67 Å². The van der Waals surface area contributed by atoms with Gasteiger partial charge in [0.2, 0.25) is 5.95 Å². The molecule has 0 bridgehead atoms. The highest BCUT2D eigenvalue weighted by molar-refractivity contribution is 5.70. The molecule has 2 rings (SSSR count). The van der Waals surface area contributed by atoms with Crippen LogP contribution in [0.15, 0.2) is 11.1 Å². The first-order chi connectivity index (χ1) is 6.22. The van der Waals surface area contributed by atoms with E-state index in [1.807, 2.05) is 0 Å². The van der Waals surface area contributed by atoms with Crippen molar-refractivity contribution in [2.75, 3.05) is 5.73 Å². The molecule has 0 aliphatic rings. The molecule has 7 nitrogen and oxygen atoms in total. The second-order valence-corrected chi connectivity index (χ2v) is 2.52. The number of nitrogens with zero attached hydrogens (tertiary/aromatic N) is 3. The number of fused-ring (bicyclic) bond motifs is 1. The van der Waals surface area contributed by atoms with Crippen LogP contribution in [0.2, 0.25) is 0 Å². The lowest BCUT2D eigenvalue weighted by atomic mass is 10.5. The van der Waals surface area contributed by atoms with Crippen LogP contribution >= 0.6 is 0 Å². The van der Waals surface area contributed by atoms with Gasteiger partial charge < -0.3 is 16.0 Å². The van der Waals surface area contributed by atoms with Crippen molar-refractivity contribution < 1.29 is 0 Å². The lowest BCUT2D eigenvalue weighted by molar-refractivity contribution is 0.751. The summed E-state index contributed by atoms with van der Waals surface area (Å²) in [6.45, 7) is 0.186. The summed E-state index contributed by atoms with van der Waals surface area (Å²) in [4.78, 5) is 21.4. The zero-order valence-electron chi connectivity index (χ0n) is 6.69. The van der Waals surface area contributed by atoms with Gasteiger partial charge in [0.25, 0.3) is 5.56 Å². The van der Waals surface area contributed by atoms with Gasteiger partial charge in [0.05, 0.1) is 13.0 Å². The van der Waals surface area contributed by atoms with Crippen molar-refractivity contribution in [3.8, 4) is 0 Å². The van der Waals surface area contributed by atoms with Crippen LogP contribution in [-0.4, -0.2) is 19.5 Å². The molecular formula is C6H8N6O. The van der Waals surface area contributed by atoms with E-state index in [1.165, 1.54) is 10.9 Å². The highest BCUT2D eigenvalue weighted by atomic mass is 16.1. The van der Waals surface area contributed by atoms with Crippen molar-refractivity contribution in [2.24, 2.45) is 5.73 Å². The summed E-state index contributed by atoms with van der Waals surface area (Å²) in [7, 11) is 0. The number of anilines is 1. The Bertz CT molecular complexity index is 497. The highest BCUT2D eigenvalue weighted by Gasteiger charge is 2.07. The van der Waals surface area contributed by atoms with Crippen molar-refractivity contribution in [3.63, 3.8) is 0 Å². The summed E-state index contributed by atoms with van der Waals surface area (Å²) in [6, 6.07) is 0. The summed E-state index contributed by atoms with van der Waals surface area (Å²) in [5.41, 5.74) is 11.0. The van der Waals surface area contributed by atoms with Crippen molar-refractivity contribution in [1.82, 2.24) is 19.5 Å². The van der Waals surface area contributed by atoms with Crippen molar-refractivity contribution in [1.29, 1.82) is 0 Å². The lowest BCUT2D eigenvalue weighted by Crippen LogP contribution is -2.16. The van der Waals surface area contributed by atoms with E-state index in [0.29, 0.717) is 11.2 Å². The van der Waals surface area contributed by atoms with Gasteiger partial charge in [-0.25, -0.2) is 4.98 Å². The molecule has 0 amide bonds. The minimum atomic E-state index is -0.328. The van der Waals surface area contributed by atoms with E-state index in [-0.39, 0.29) is 18.2 Å². The Labute approximate surface area is 72.4 Å². The Morgan fingerprint density at radius 2 is 2.38 bits per heavy atom. The predicted octanol–water partition coefficient (Wildman–Crippen LogP) is -1.38. The van der Waals surface area contributed by atoms with Crippen LogP contribution < -0.4 is 17.0 Å². The Morgan fingerprint density at radius 3 is 3.08 bits per heavy atom. The van der Waals surface area contributed by atoms with E-state index in [0.717, 1.165) is 0 Å². The molecule has 0 spiro atoms. The minimum Gasteiger partial charge on any atom is -0.369 e. The summed E-state index contributed by atoms with van der Waals surface area (Å²) < 4.78 is 1.50. The molecule has 5 N–H and O–H groups in total. The number of hydrogen-bond acceptors (Lipinski definition) is 5. The van der Waals surface area contributed by atoms with Gasteiger partial charge in [0.1, 0.15) is 0 Å². The molecule has 2 aromatic heterocycles. The van der Waals surface area contributed by atoms with Gasteiger partial charge in [-0.2, -0.15) is 4.98 Å². The smallest absolute Gasteiger partial charge is 0.278 e. The Hall–Kier alpha value is -1.89. The Morgan fingerprint density at radius 1 is 1.62 bits per heavy atom. The number of nitrogens with two attached hydrogens (primary N) is 2. The van der Waals surface area contributed by atoms with Crippen LogP contribution in [0.5, 0.6) is 0 Å². The summed E-state index contributed by atoms with van der Waals surface area (Å²) in [5, 5.41) is 0. The average Bonchev–Trinajstić information content (AvgIpc) is 2.47. The number of nitrogens with one attached hydrogen (secondary N) is 1. The number of rotatable bonds is 1. The molecule has 0 radical (unpaired) electrons. The van der Waals surface area contributed by atoms with Gasteiger partial charge in [-0.15, -0.1) is 0 Å². The SMILES string of the molecule is NCn1cnc2nc(N)[nH]c(=O)c21. The third kappa shape index (κ3) is 1.05. The quantitative estimate of drug-likeness (QED) is 0.500. The van der Waals surface area contributed by atoms with Gasteiger partial charge >= 0.3 is 0 Å². The fraction of sp³-hybridized carbons (Fsp3) is 0.167. The van der Waals surface area contributed by atoms with Crippen LogP contribution in [0, 0.1) is 0 Å². The first-order valence-corrected chi connectivity index (χ1v) is 3.63. The average molecular weight is 180 g/mol. The number of H-pyrrole nitrogens is 1. The highest BCUT2D eigenvalue weighted by Crippen LogP contribution is 2.03. The van der Waals surface area contributed by atoms with E-state index in [2.05, 4.69) is 15.0 Å². The summed E-state index contributed by atoms with van der Waals surface area (Å²) in [5.74, 6) is 0.0553. The van der Waals surface area contributed by atoms with E-state index in [1.54, 1.807) is 0 Å². The molecule has 0 aliphatic carbocycles. The standard InChI is InChI=1S/C6H8N6O/c7-1-12-2-9-4-3(12)5(13)11-6(8)10-4/h2H,1,7H2,(H3,8,10,11,13). The molecular weight excluding hydrogens is 172 g/mol. The number of aromatic amines is 1. The molecule has 68 valence electrons. The molecule has 13 heavy (non-hydrogen) atoms. The van der Waals surface area contributed by atoms with Crippen molar-refractivity contribution in [3.05, 3.63) is 16.7 Å². The molecule has 0 fully saturated rings. The summed E-state index contributed by atoms with van der Waals surface area (Å²) >= 11 is 0. The van der Waals surface area contributed by atoms with E-state index in [9.17, 15) is 4.79 Å². The maximum atomic E-state index is 11.3. The van der Waals surface area contributed by atoms with Crippen LogP contribution in [0.4, 0.5) is 5.95 Å². The van der Waals surface area contributed by atoms with Gasteiger partial charge in [0.15, 0.2) is 11.2 Å². The molecule has 0 saturated heterocycles. The second kappa shape index (κ2) is 2.56. The molecule has 0 unspecified atom stereocenters. The zero-order chi connectivity index (χ0) is 9.42. The number of nitrogen functional groups attached to an aromatic ring is 1. The molecule has 0 aliphatic heterocycles. The molecule has 2 aromatic rings. The van der Waals surface area contributed by atoms with E-state index < -0.39 is 0 Å². The maximum absolute atomic E-state index is 11.3. The topological polar surface area (TPSA) is 116 Å². The largest absolute Gasteiger partial charge is 0.369 e. The Kier molecular flexibility index (Phi) is 1.52. The monoisotopic (exact) mass is 180 g/mol. The van der Waals surface area contributed by atoms with Gasteiger partial charge in [-0.05, 0) is 0 Å². The predicted molar refractivity (Wildman–Crippen MR) is 46.7 cm³/mol. The molecule has 0 saturated carbocycles. The molecule has 0 atom stereocenters. The molecule has 0 aromatic carbocycles. The molecule has 7 heteroatoms. The number of imidazole rings is 1. The van der Waals surface area contributed by atoms with Crippen molar-refractivity contribution in [2.45, 2.75) is 6.67 Å². The first kappa shape index (κ1) is 7.74. The van der Waals surface area contributed by atoms with Crippen molar-refractivity contribution >= 4 is 17.1 Å². The van der Waals surface area contributed by atoms with E-state index >= 15 is 0 Å². The summed E-state index contributed by atoms with van der Waals surface area (Å²) in [6.07, 6.45) is 1.45. The third-order valence-electron chi connectivity index (χ3n) is 1.70. The number of hydrogen-bond donors (Lipinski definition) is 3. The first-order valence-electron chi connectivity index (χ1n) is 3.63. The maximum Gasteiger partial charge on any atom is 0.278 e. The normalized spacial score (nSPS) is 10.8. The van der Waals surface area contributed by atoms with Crippen LogP contribution in [0.25, 0.3) is 11.2 Å². The van der Waals surface area contributed by atoms with Crippen LogP contribution in [0.3, 0.4) is 0 Å². The second-order valence-electron chi connectivity index (χ2n) is 2.52. The number of aromatic nitrogens is 4.